The highest BCUT2D eigenvalue weighted by atomic mass is 16.5. The molecule has 0 bridgehead atoms. The minimum Gasteiger partial charge on any atom is -0.507 e. The van der Waals surface area contributed by atoms with Crippen molar-refractivity contribution in [1.82, 2.24) is 29.3 Å². The lowest BCUT2D eigenvalue weighted by atomic mass is 10.1. The Labute approximate surface area is 237 Å². The van der Waals surface area contributed by atoms with E-state index in [4.69, 9.17) is 4.74 Å². The molecule has 0 spiro atoms. The van der Waals surface area contributed by atoms with Crippen molar-refractivity contribution in [3.8, 4) is 17.4 Å². The van der Waals surface area contributed by atoms with E-state index in [1.54, 1.807) is 18.4 Å². The number of piperazine rings is 1. The molecule has 1 amide bonds. The Morgan fingerprint density at radius 2 is 1.90 bits per heavy atom. The number of phenolic OH excluding ortho intramolecular Hbond substituents is 1. The molecule has 1 aliphatic rings. The smallest absolute Gasteiger partial charge is 0.278 e. The van der Waals surface area contributed by atoms with Crippen LogP contribution in [0, 0.1) is 0 Å². The molecule has 214 valence electrons. The lowest BCUT2D eigenvalue weighted by molar-refractivity contribution is 0.0630. The van der Waals surface area contributed by atoms with E-state index in [9.17, 15) is 19.8 Å². The van der Waals surface area contributed by atoms with Crippen LogP contribution in [0.1, 0.15) is 40.3 Å². The largest absolute Gasteiger partial charge is 0.507 e. The lowest BCUT2D eigenvalue weighted by Gasteiger charge is -2.32. The van der Waals surface area contributed by atoms with Gasteiger partial charge in [0.1, 0.15) is 11.5 Å². The molecule has 0 saturated carbocycles. The quantitative estimate of drug-likeness (QED) is 0.262. The van der Waals surface area contributed by atoms with Gasteiger partial charge in [-0.25, -0.2) is 9.97 Å². The van der Waals surface area contributed by atoms with Crippen LogP contribution in [0.4, 0.5) is 5.95 Å². The van der Waals surface area contributed by atoms with E-state index < -0.39 is 11.5 Å². The van der Waals surface area contributed by atoms with E-state index >= 15 is 0 Å². The summed E-state index contributed by atoms with van der Waals surface area (Å²) in [6.45, 7) is 8.41. The maximum atomic E-state index is 13.3. The number of aromatic hydroxyl groups is 1. The average molecular weight is 560 g/mol. The molecule has 1 aliphatic heterocycles. The third kappa shape index (κ3) is 6.68. The van der Waals surface area contributed by atoms with Crippen LogP contribution in [0.25, 0.3) is 11.0 Å². The van der Waals surface area contributed by atoms with Crippen molar-refractivity contribution in [2.24, 2.45) is 0 Å². The second-order valence-electron chi connectivity index (χ2n) is 10.8. The van der Waals surface area contributed by atoms with Gasteiger partial charge in [-0.15, -0.1) is 0 Å². The molecule has 3 N–H and O–H groups in total. The molecular formula is C29H33N7O5. The summed E-state index contributed by atoms with van der Waals surface area (Å²) in [5.41, 5.74) is 1.42. The van der Waals surface area contributed by atoms with Crippen LogP contribution < -0.4 is 10.1 Å². The molecule has 5 rings (SSSR count). The van der Waals surface area contributed by atoms with E-state index in [-0.39, 0.29) is 41.1 Å². The van der Waals surface area contributed by atoms with Gasteiger partial charge in [0, 0.05) is 32.7 Å². The van der Waals surface area contributed by atoms with E-state index in [0.29, 0.717) is 11.8 Å². The van der Waals surface area contributed by atoms with Crippen LogP contribution >= 0.6 is 0 Å². The lowest BCUT2D eigenvalue weighted by Crippen LogP contribution is -2.43. The molecule has 4 aromatic rings. The molecule has 12 heteroatoms. The van der Waals surface area contributed by atoms with Crippen LogP contribution in [0.5, 0.6) is 17.4 Å². The maximum absolute atomic E-state index is 13.3. The number of carbonyl (C=O) groups excluding carboxylic acids is 2. The SMILES string of the molecule is CN1CCN(Cc2ccc3nc(NC(=O)c4cncc(Oc5cccc(O)c5C=O)n4)n(CC(C)(C)O)c3c2)CC1. The van der Waals surface area contributed by atoms with Crippen LogP contribution in [-0.2, 0) is 13.1 Å². The van der Waals surface area contributed by atoms with Gasteiger partial charge in [0.05, 0.1) is 41.1 Å². The molecule has 3 heterocycles. The number of likely N-dealkylation sites (N-methyl/N-ethyl adjacent to an activating group) is 1. The summed E-state index contributed by atoms with van der Waals surface area (Å²) in [5.74, 6) is -0.527. The third-order valence-electron chi connectivity index (χ3n) is 6.81. The van der Waals surface area contributed by atoms with Crippen molar-refractivity contribution >= 4 is 29.2 Å². The minimum atomic E-state index is -1.08. The fourth-order valence-electron chi connectivity index (χ4n) is 4.70. The average Bonchev–Trinajstić information content (AvgIpc) is 3.25. The number of rotatable bonds is 9. The van der Waals surface area contributed by atoms with Gasteiger partial charge >= 0.3 is 0 Å². The van der Waals surface area contributed by atoms with Crippen LogP contribution in [0.3, 0.4) is 0 Å². The summed E-state index contributed by atoms with van der Waals surface area (Å²) in [7, 11) is 2.13. The zero-order valence-electron chi connectivity index (χ0n) is 23.2. The van der Waals surface area contributed by atoms with Crippen LogP contribution in [-0.4, -0.2) is 90.6 Å². The van der Waals surface area contributed by atoms with Gasteiger partial charge < -0.3 is 24.4 Å². The Kier molecular flexibility index (Phi) is 7.97. The van der Waals surface area contributed by atoms with Gasteiger partial charge in [-0.2, -0.15) is 0 Å². The van der Waals surface area contributed by atoms with Gasteiger partial charge in [0.2, 0.25) is 11.8 Å². The number of nitrogens with zero attached hydrogens (tertiary/aromatic N) is 6. The molecular weight excluding hydrogens is 526 g/mol. The number of amides is 1. The number of hydrogen-bond acceptors (Lipinski definition) is 10. The number of aldehydes is 1. The molecule has 2 aromatic carbocycles. The molecule has 1 fully saturated rings. The molecule has 0 atom stereocenters. The Bertz CT molecular complexity index is 1570. The highest BCUT2D eigenvalue weighted by Crippen LogP contribution is 2.29. The third-order valence-corrected chi connectivity index (χ3v) is 6.81. The Balaban J connectivity index is 1.40. The summed E-state index contributed by atoms with van der Waals surface area (Å²) in [6, 6.07) is 10.4. The zero-order chi connectivity index (χ0) is 29.1. The Hall–Kier alpha value is -4.39. The van der Waals surface area contributed by atoms with Crippen molar-refractivity contribution in [1.29, 1.82) is 0 Å². The number of fused-ring (bicyclic) bond motifs is 1. The van der Waals surface area contributed by atoms with Crippen molar-refractivity contribution < 1.29 is 24.5 Å². The number of benzene rings is 2. The standard InChI is InChI=1S/C29H33N7O5/c1-29(2,40)18-36-23-13-19(16-35-11-9-34(3)10-12-35)7-8-21(23)32-28(36)33-27(39)22-14-30-15-26(31-22)41-25-6-4-5-24(38)20(25)17-37/h4-8,13-15,17,38,40H,9-12,16,18H2,1-3H3,(H,32,33,39). The molecule has 2 aromatic heterocycles. The molecule has 1 saturated heterocycles. The first kappa shape index (κ1) is 28.1. The van der Waals surface area contributed by atoms with Gasteiger partial charge in [0.25, 0.3) is 5.91 Å². The summed E-state index contributed by atoms with van der Waals surface area (Å²) >= 11 is 0. The molecule has 0 aliphatic carbocycles. The first-order valence-corrected chi connectivity index (χ1v) is 13.3. The van der Waals surface area contributed by atoms with Crippen molar-refractivity contribution in [2.75, 3.05) is 38.5 Å². The highest BCUT2D eigenvalue weighted by molar-refractivity contribution is 6.02. The Morgan fingerprint density at radius 1 is 1.12 bits per heavy atom. The monoisotopic (exact) mass is 559 g/mol. The number of anilines is 1. The molecule has 12 nitrogen and oxygen atoms in total. The number of hydrogen-bond donors (Lipinski definition) is 3. The van der Waals surface area contributed by atoms with E-state index in [2.05, 4.69) is 43.2 Å². The van der Waals surface area contributed by atoms with Crippen LogP contribution in [0.2, 0.25) is 0 Å². The normalized spacial score (nSPS) is 14.7. The summed E-state index contributed by atoms with van der Waals surface area (Å²) in [6.07, 6.45) is 3.04. The predicted molar refractivity (Wildman–Crippen MR) is 152 cm³/mol. The summed E-state index contributed by atoms with van der Waals surface area (Å²) in [4.78, 5) is 42.3. The topological polar surface area (TPSA) is 146 Å². The number of nitrogens with one attached hydrogen (secondary N) is 1. The van der Waals surface area contributed by atoms with Gasteiger partial charge in [0.15, 0.2) is 12.0 Å². The van der Waals surface area contributed by atoms with Gasteiger partial charge in [-0.3, -0.25) is 24.8 Å². The van der Waals surface area contributed by atoms with E-state index in [1.807, 2.05) is 12.1 Å². The summed E-state index contributed by atoms with van der Waals surface area (Å²) in [5, 5.41) is 23.4. The van der Waals surface area contributed by atoms with Gasteiger partial charge in [-0.1, -0.05) is 12.1 Å². The van der Waals surface area contributed by atoms with Crippen molar-refractivity contribution in [3.63, 3.8) is 0 Å². The fourth-order valence-corrected chi connectivity index (χ4v) is 4.70. The summed E-state index contributed by atoms with van der Waals surface area (Å²) < 4.78 is 7.43. The second kappa shape index (κ2) is 11.6. The number of ether oxygens (including phenoxy) is 1. The second-order valence-corrected chi connectivity index (χ2v) is 10.8. The maximum Gasteiger partial charge on any atom is 0.278 e. The minimum absolute atomic E-state index is 0.0371. The number of carbonyl (C=O) groups is 2. The van der Waals surface area contributed by atoms with E-state index in [0.717, 1.165) is 43.8 Å². The molecule has 0 unspecified atom stereocenters. The number of imidazole rings is 1. The zero-order valence-corrected chi connectivity index (χ0v) is 23.2. The first-order valence-electron chi connectivity index (χ1n) is 13.3. The van der Waals surface area contributed by atoms with Crippen molar-refractivity contribution in [3.05, 3.63) is 65.6 Å². The van der Waals surface area contributed by atoms with Crippen molar-refractivity contribution in [2.45, 2.75) is 32.5 Å². The fraction of sp³-hybridized carbons (Fsp3) is 0.345. The number of phenols is 1. The number of aromatic nitrogens is 4. The first-order chi connectivity index (χ1) is 19.6. The Morgan fingerprint density at radius 3 is 2.63 bits per heavy atom. The van der Waals surface area contributed by atoms with E-state index in [1.165, 1.54) is 30.6 Å². The highest BCUT2D eigenvalue weighted by Gasteiger charge is 2.23. The molecule has 41 heavy (non-hydrogen) atoms. The number of aliphatic hydroxyl groups is 1. The van der Waals surface area contributed by atoms with Crippen LogP contribution in [0.15, 0.2) is 48.8 Å². The predicted octanol–water partition coefficient (Wildman–Crippen LogP) is 2.91. The van der Waals surface area contributed by atoms with Gasteiger partial charge in [-0.05, 0) is 50.7 Å². The molecule has 0 radical (unpaired) electrons.